The van der Waals surface area contributed by atoms with Gasteiger partial charge in [-0.15, -0.1) is 31.4 Å². The fourth-order valence-electron chi connectivity index (χ4n) is 2.50. The van der Waals surface area contributed by atoms with Crippen molar-refractivity contribution in [2.24, 2.45) is 0 Å². The summed E-state index contributed by atoms with van der Waals surface area (Å²) in [5, 5.41) is 13.6. The van der Waals surface area contributed by atoms with E-state index in [1.807, 2.05) is 12.1 Å². The summed E-state index contributed by atoms with van der Waals surface area (Å²) in [7, 11) is 0. The third-order valence-corrected chi connectivity index (χ3v) is 4.50. The Kier molecular flexibility index (Phi) is 10.2. The molecular formula is C14H20Br2Cl2N2O. The number of piperazine rings is 1. The Bertz CT molecular complexity index is 445. The molecule has 0 bridgehead atoms. The van der Waals surface area contributed by atoms with Gasteiger partial charge in [-0.3, -0.25) is 4.90 Å². The number of hydrogen-bond donors (Lipinski definition) is 2. The molecule has 0 unspecified atom stereocenters. The number of phenols is 1. The largest absolute Gasteiger partial charge is 0.508 e. The monoisotopic (exact) mass is 460 g/mol. The van der Waals surface area contributed by atoms with E-state index in [0.717, 1.165) is 47.1 Å². The normalized spacial score (nSPS) is 16.5. The van der Waals surface area contributed by atoms with Crippen LogP contribution in [0.5, 0.6) is 5.75 Å². The Labute approximate surface area is 155 Å². The summed E-state index contributed by atoms with van der Waals surface area (Å²) < 4.78 is 1.81. The van der Waals surface area contributed by atoms with E-state index >= 15 is 0 Å². The molecule has 1 atom stereocenters. The maximum absolute atomic E-state index is 10.3. The van der Waals surface area contributed by atoms with E-state index in [4.69, 9.17) is 0 Å². The van der Waals surface area contributed by atoms with Crippen LogP contribution in [-0.2, 0) is 0 Å². The first kappa shape index (κ1) is 21.2. The van der Waals surface area contributed by atoms with Gasteiger partial charge in [0.15, 0.2) is 0 Å². The lowest BCUT2D eigenvalue weighted by Crippen LogP contribution is -2.45. The van der Waals surface area contributed by atoms with Crippen LogP contribution >= 0.6 is 56.7 Å². The van der Waals surface area contributed by atoms with Crippen LogP contribution in [0.25, 0.3) is 0 Å². The summed E-state index contributed by atoms with van der Waals surface area (Å²) in [6.07, 6.45) is 2.74. The number of rotatable bonds is 4. The van der Waals surface area contributed by atoms with Crippen LogP contribution in [0.2, 0.25) is 0 Å². The van der Waals surface area contributed by atoms with E-state index in [2.05, 4.69) is 48.7 Å². The van der Waals surface area contributed by atoms with E-state index in [-0.39, 0.29) is 30.9 Å². The highest BCUT2D eigenvalue weighted by molar-refractivity contribution is 9.11. The molecule has 0 saturated carbocycles. The SMILES string of the molecule is C=CC[C@@H](c1c(O)cc(Br)cc1Br)N1CCNCC1.Cl.Cl. The molecule has 0 aromatic heterocycles. The van der Waals surface area contributed by atoms with Gasteiger partial charge in [0.25, 0.3) is 0 Å². The average molecular weight is 463 g/mol. The van der Waals surface area contributed by atoms with Crippen molar-refractivity contribution in [2.45, 2.75) is 12.5 Å². The number of nitrogens with one attached hydrogen (secondary N) is 1. The number of benzene rings is 1. The van der Waals surface area contributed by atoms with Crippen LogP contribution < -0.4 is 5.32 Å². The first-order chi connectivity index (χ1) is 9.13. The van der Waals surface area contributed by atoms with Gasteiger partial charge in [-0.25, -0.2) is 0 Å². The molecule has 1 aliphatic heterocycles. The Morgan fingerprint density at radius 1 is 1.29 bits per heavy atom. The molecule has 1 saturated heterocycles. The number of aromatic hydroxyl groups is 1. The molecular weight excluding hydrogens is 443 g/mol. The van der Waals surface area contributed by atoms with Crippen molar-refractivity contribution in [2.75, 3.05) is 26.2 Å². The predicted molar refractivity (Wildman–Crippen MR) is 100 cm³/mol. The minimum Gasteiger partial charge on any atom is -0.508 e. The molecule has 3 nitrogen and oxygen atoms in total. The van der Waals surface area contributed by atoms with E-state index < -0.39 is 0 Å². The number of hydrogen-bond acceptors (Lipinski definition) is 3. The Balaban J connectivity index is 0.00000200. The summed E-state index contributed by atoms with van der Waals surface area (Å²) >= 11 is 6.97. The molecule has 2 rings (SSSR count). The van der Waals surface area contributed by atoms with E-state index in [1.54, 1.807) is 6.07 Å². The number of nitrogens with zero attached hydrogens (tertiary/aromatic N) is 1. The second kappa shape index (κ2) is 10.1. The van der Waals surface area contributed by atoms with Crippen LogP contribution in [0, 0.1) is 0 Å². The highest BCUT2D eigenvalue weighted by Gasteiger charge is 2.25. The zero-order valence-electron chi connectivity index (χ0n) is 11.5. The highest BCUT2D eigenvalue weighted by Crippen LogP contribution is 2.39. The number of phenolic OH excluding ortho intramolecular Hbond substituents is 1. The van der Waals surface area contributed by atoms with Crippen molar-refractivity contribution in [1.29, 1.82) is 0 Å². The van der Waals surface area contributed by atoms with E-state index in [9.17, 15) is 5.11 Å². The van der Waals surface area contributed by atoms with Crippen molar-refractivity contribution in [3.63, 3.8) is 0 Å². The van der Waals surface area contributed by atoms with Crippen molar-refractivity contribution in [3.05, 3.63) is 39.3 Å². The van der Waals surface area contributed by atoms with Gasteiger partial charge in [0.1, 0.15) is 5.75 Å². The fraction of sp³-hybridized carbons (Fsp3) is 0.429. The van der Waals surface area contributed by atoms with Gasteiger partial charge in [-0.2, -0.15) is 0 Å². The quantitative estimate of drug-likeness (QED) is 0.655. The molecule has 1 aliphatic rings. The van der Waals surface area contributed by atoms with Crippen molar-refractivity contribution >= 4 is 56.7 Å². The minimum atomic E-state index is 0. The van der Waals surface area contributed by atoms with Crippen LogP contribution in [0.1, 0.15) is 18.0 Å². The summed E-state index contributed by atoms with van der Waals surface area (Å²) in [6.45, 7) is 7.80. The second-order valence-electron chi connectivity index (χ2n) is 4.65. The molecule has 1 aromatic carbocycles. The second-order valence-corrected chi connectivity index (χ2v) is 6.42. The van der Waals surface area contributed by atoms with Crippen molar-refractivity contribution in [1.82, 2.24) is 10.2 Å². The highest BCUT2D eigenvalue weighted by atomic mass is 79.9. The fourth-order valence-corrected chi connectivity index (χ4v) is 3.97. The lowest BCUT2D eigenvalue weighted by molar-refractivity contribution is 0.171. The zero-order chi connectivity index (χ0) is 13.8. The summed E-state index contributed by atoms with van der Waals surface area (Å²) in [5.74, 6) is 0.326. The third kappa shape index (κ3) is 5.41. The molecule has 0 aliphatic carbocycles. The van der Waals surface area contributed by atoms with Gasteiger partial charge in [0.2, 0.25) is 0 Å². The van der Waals surface area contributed by atoms with Gasteiger partial charge in [-0.1, -0.05) is 37.9 Å². The summed E-state index contributed by atoms with van der Waals surface area (Å²) in [5.41, 5.74) is 0.949. The van der Waals surface area contributed by atoms with Gasteiger partial charge in [-0.05, 0) is 18.6 Å². The smallest absolute Gasteiger partial charge is 0.122 e. The Morgan fingerprint density at radius 2 is 1.90 bits per heavy atom. The van der Waals surface area contributed by atoms with Gasteiger partial charge in [0, 0.05) is 46.7 Å². The first-order valence-electron chi connectivity index (χ1n) is 6.37. The molecule has 0 spiro atoms. The molecule has 21 heavy (non-hydrogen) atoms. The topological polar surface area (TPSA) is 35.5 Å². The maximum atomic E-state index is 10.3. The Morgan fingerprint density at radius 3 is 2.43 bits per heavy atom. The molecule has 7 heteroatoms. The lowest BCUT2D eigenvalue weighted by Gasteiger charge is -2.35. The molecule has 0 amide bonds. The van der Waals surface area contributed by atoms with Gasteiger partial charge < -0.3 is 10.4 Å². The molecule has 120 valence electrons. The molecule has 1 fully saturated rings. The Hall–Kier alpha value is 0.220. The van der Waals surface area contributed by atoms with Crippen LogP contribution in [-0.4, -0.2) is 36.2 Å². The van der Waals surface area contributed by atoms with Crippen molar-refractivity contribution in [3.8, 4) is 5.75 Å². The molecule has 1 heterocycles. The standard InChI is InChI=1S/C14H18Br2N2O.2ClH/c1-2-3-12(18-6-4-17-5-7-18)14-11(16)8-10(15)9-13(14)19;;/h2,8-9,12,17,19H,1,3-7H2;2*1H/t12-;;/m0../s1. The molecule has 0 radical (unpaired) electrons. The van der Waals surface area contributed by atoms with E-state index in [0.29, 0.717) is 5.75 Å². The average Bonchev–Trinajstić information content (AvgIpc) is 2.37. The van der Waals surface area contributed by atoms with Gasteiger partial charge in [0.05, 0.1) is 0 Å². The van der Waals surface area contributed by atoms with Crippen LogP contribution in [0.15, 0.2) is 33.7 Å². The van der Waals surface area contributed by atoms with Gasteiger partial charge >= 0.3 is 0 Å². The third-order valence-electron chi connectivity index (χ3n) is 3.39. The zero-order valence-corrected chi connectivity index (χ0v) is 16.3. The summed E-state index contributed by atoms with van der Waals surface area (Å²) in [4.78, 5) is 2.39. The van der Waals surface area contributed by atoms with Crippen LogP contribution in [0.4, 0.5) is 0 Å². The maximum Gasteiger partial charge on any atom is 0.122 e. The molecule has 2 N–H and O–H groups in total. The van der Waals surface area contributed by atoms with Crippen molar-refractivity contribution < 1.29 is 5.11 Å². The first-order valence-corrected chi connectivity index (χ1v) is 7.95. The number of halogens is 4. The predicted octanol–water partition coefficient (Wildman–Crippen LogP) is 4.28. The van der Waals surface area contributed by atoms with Crippen LogP contribution in [0.3, 0.4) is 0 Å². The van der Waals surface area contributed by atoms with E-state index in [1.165, 1.54) is 0 Å². The minimum absolute atomic E-state index is 0. The molecule has 1 aromatic rings. The lowest BCUT2D eigenvalue weighted by atomic mass is 10.00. The summed E-state index contributed by atoms with van der Waals surface area (Å²) in [6, 6.07) is 3.90.